The third-order valence-electron chi connectivity index (χ3n) is 2.37. The molecule has 102 valence electrons. The van der Waals surface area contributed by atoms with Gasteiger partial charge in [0.2, 0.25) is 0 Å². The molecule has 0 aliphatic heterocycles. The number of amides is 1. The zero-order valence-corrected chi connectivity index (χ0v) is 10.4. The van der Waals surface area contributed by atoms with Crippen molar-refractivity contribution in [2.45, 2.75) is 0 Å². The van der Waals surface area contributed by atoms with Crippen molar-refractivity contribution < 1.29 is 19.4 Å². The minimum absolute atomic E-state index is 0.0140. The van der Waals surface area contributed by atoms with Gasteiger partial charge in [0, 0.05) is 11.6 Å². The predicted molar refractivity (Wildman–Crippen MR) is 71.7 cm³/mol. The molecule has 7 heteroatoms. The van der Waals surface area contributed by atoms with E-state index in [9.17, 15) is 9.59 Å². The number of carbonyl (C=O) groups is 2. The van der Waals surface area contributed by atoms with Crippen molar-refractivity contribution >= 4 is 28.9 Å². The summed E-state index contributed by atoms with van der Waals surface area (Å²) in [6.45, 7) is 3.42. The second-order valence-electron chi connectivity index (χ2n) is 3.75. The van der Waals surface area contributed by atoms with Gasteiger partial charge in [-0.2, -0.15) is 0 Å². The maximum absolute atomic E-state index is 11.4. The lowest BCUT2D eigenvalue weighted by molar-refractivity contribution is 0.0698. The van der Waals surface area contributed by atoms with Gasteiger partial charge in [-0.1, -0.05) is 12.7 Å². The van der Waals surface area contributed by atoms with E-state index in [0.29, 0.717) is 11.0 Å². The molecule has 0 spiro atoms. The number of aromatic carboxylic acids is 1. The Kier molecular flexibility index (Phi) is 3.90. The van der Waals surface area contributed by atoms with Crippen LogP contribution in [-0.2, 0) is 4.74 Å². The SMILES string of the molecule is C=CCOC(=O)Nc1nc2ncccc2cc1C(=O)O. The van der Waals surface area contributed by atoms with Crippen molar-refractivity contribution in [3.63, 3.8) is 0 Å². The van der Waals surface area contributed by atoms with Crippen LogP contribution in [0.1, 0.15) is 10.4 Å². The Morgan fingerprint density at radius 2 is 2.30 bits per heavy atom. The van der Waals surface area contributed by atoms with Crippen molar-refractivity contribution in [1.82, 2.24) is 9.97 Å². The zero-order valence-electron chi connectivity index (χ0n) is 10.4. The molecule has 0 bridgehead atoms. The molecule has 2 aromatic rings. The van der Waals surface area contributed by atoms with Crippen LogP contribution in [0.3, 0.4) is 0 Å². The monoisotopic (exact) mass is 273 g/mol. The van der Waals surface area contributed by atoms with E-state index in [1.165, 1.54) is 18.3 Å². The van der Waals surface area contributed by atoms with Crippen LogP contribution < -0.4 is 5.32 Å². The predicted octanol–water partition coefficient (Wildman–Crippen LogP) is 2.06. The molecule has 2 N–H and O–H groups in total. The number of carbonyl (C=O) groups excluding carboxylic acids is 1. The average Bonchev–Trinajstić information content (AvgIpc) is 2.44. The average molecular weight is 273 g/mol. The third-order valence-corrected chi connectivity index (χ3v) is 2.37. The Morgan fingerprint density at radius 3 is 3.00 bits per heavy atom. The van der Waals surface area contributed by atoms with E-state index < -0.39 is 12.1 Å². The summed E-state index contributed by atoms with van der Waals surface area (Å²) in [7, 11) is 0. The Balaban J connectivity index is 2.39. The number of hydrogen-bond donors (Lipinski definition) is 2. The number of rotatable bonds is 4. The summed E-state index contributed by atoms with van der Waals surface area (Å²) in [6, 6.07) is 4.74. The number of pyridine rings is 2. The molecular formula is C13H11N3O4. The number of nitrogens with one attached hydrogen (secondary N) is 1. The zero-order chi connectivity index (χ0) is 14.5. The van der Waals surface area contributed by atoms with Crippen LogP contribution in [0.5, 0.6) is 0 Å². The molecule has 0 fully saturated rings. The van der Waals surface area contributed by atoms with Crippen LogP contribution in [0, 0.1) is 0 Å². The summed E-state index contributed by atoms with van der Waals surface area (Å²) >= 11 is 0. The summed E-state index contributed by atoms with van der Waals surface area (Å²) in [5.41, 5.74) is 0.192. The van der Waals surface area contributed by atoms with E-state index in [2.05, 4.69) is 21.9 Å². The first-order valence-corrected chi connectivity index (χ1v) is 5.65. The van der Waals surface area contributed by atoms with Gasteiger partial charge in [-0.3, -0.25) is 5.32 Å². The standard InChI is InChI=1S/C13H11N3O4/c1-2-6-20-13(19)16-11-9(12(17)18)7-8-4-3-5-14-10(8)15-11/h2-5,7H,1,6H2,(H,17,18)(H,14,15,16,19). The first-order chi connectivity index (χ1) is 9.61. The molecular weight excluding hydrogens is 262 g/mol. The molecule has 2 aromatic heterocycles. The number of hydrogen-bond acceptors (Lipinski definition) is 5. The second-order valence-corrected chi connectivity index (χ2v) is 3.75. The number of carboxylic acid groups (broad SMARTS) is 1. The molecule has 2 heterocycles. The minimum atomic E-state index is -1.21. The number of fused-ring (bicyclic) bond motifs is 1. The Labute approximate surface area is 113 Å². The van der Waals surface area contributed by atoms with Gasteiger partial charge in [0.05, 0.1) is 0 Å². The van der Waals surface area contributed by atoms with Crippen LogP contribution in [0.25, 0.3) is 11.0 Å². The van der Waals surface area contributed by atoms with Crippen molar-refractivity contribution in [3.8, 4) is 0 Å². The van der Waals surface area contributed by atoms with Crippen LogP contribution in [0.15, 0.2) is 37.1 Å². The highest BCUT2D eigenvalue weighted by Crippen LogP contribution is 2.19. The van der Waals surface area contributed by atoms with Gasteiger partial charge in [-0.05, 0) is 18.2 Å². The lowest BCUT2D eigenvalue weighted by Crippen LogP contribution is -2.17. The van der Waals surface area contributed by atoms with Crippen LogP contribution >= 0.6 is 0 Å². The fraction of sp³-hybridized carbons (Fsp3) is 0.0769. The number of carboxylic acids is 1. The molecule has 0 atom stereocenters. The van der Waals surface area contributed by atoms with Gasteiger partial charge in [0.25, 0.3) is 0 Å². The first kappa shape index (κ1) is 13.5. The van der Waals surface area contributed by atoms with E-state index in [0.717, 1.165) is 0 Å². The highest BCUT2D eigenvalue weighted by atomic mass is 16.5. The normalized spacial score (nSPS) is 10.0. The number of ether oxygens (including phenoxy) is 1. The Morgan fingerprint density at radius 1 is 1.50 bits per heavy atom. The van der Waals surface area contributed by atoms with E-state index in [-0.39, 0.29) is 18.0 Å². The van der Waals surface area contributed by atoms with Crippen LogP contribution in [0.4, 0.5) is 10.6 Å². The van der Waals surface area contributed by atoms with Gasteiger partial charge < -0.3 is 9.84 Å². The van der Waals surface area contributed by atoms with Crippen LogP contribution in [-0.4, -0.2) is 33.7 Å². The van der Waals surface area contributed by atoms with E-state index in [4.69, 9.17) is 9.84 Å². The largest absolute Gasteiger partial charge is 0.478 e. The van der Waals surface area contributed by atoms with Gasteiger partial charge in [-0.15, -0.1) is 0 Å². The van der Waals surface area contributed by atoms with Gasteiger partial charge in [0.1, 0.15) is 12.2 Å². The molecule has 0 aliphatic rings. The topological polar surface area (TPSA) is 101 Å². The van der Waals surface area contributed by atoms with Crippen molar-refractivity contribution in [3.05, 3.63) is 42.6 Å². The van der Waals surface area contributed by atoms with E-state index >= 15 is 0 Å². The second kappa shape index (κ2) is 5.79. The highest BCUT2D eigenvalue weighted by molar-refractivity contribution is 6.00. The third kappa shape index (κ3) is 2.89. The number of anilines is 1. The van der Waals surface area contributed by atoms with Crippen molar-refractivity contribution in [1.29, 1.82) is 0 Å². The Bertz CT molecular complexity index is 684. The number of nitrogens with zero attached hydrogens (tertiary/aromatic N) is 2. The van der Waals surface area contributed by atoms with E-state index in [1.807, 2.05) is 0 Å². The van der Waals surface area contributed by atoms with Crippen molar-refractivity contribution in [2.24, 2.45) is 0 Å². The molecule has 0 saturated heterocycles. The maximum Gasteiger partial charge on any atom is 0.413 e. The van der Waals surface area contributed by atoms with Crippen LogP contribution in [0.2, 0.25) is 0 Å². The molecule has 20 heavy (non-hydrogen) atoms. The Hall–Kier alpha value is -2.96. The summed E-state index contributed by atoms with van der Waals surface area (Å²) in [6.07, 6.45) is 2.11. The smallest absolute Gasteiger partial charge is 0.413 e. The lowest BCUT2D eigenvalue weighted by Gasteiger charge is -2.08. The number of aromatic nitrogens is 2. The first-order valence-electron chi connectivity index (χ1n) is 5.65. The molecule has 0 unspecified atom stereocenters. The van der Waals surface area contributed by atoms with E-state index in [1.54, 1.807) is 12.1 Å². The molecule has 2 rings (SSSR count). The molecule has 0 aromatic carbocycles. The summed E-state index contributed by atoms with van der Waals surface area (Å²) in [4.78, 5) is 30.7. The quantitative estimate of drug-likeness (QED) is 0.827. The minimum Gasteiger partial charge on any atom is -0.478 e. The van der Waals surface area contributed by atoms with Gasteiger partial charge in [-0.25, -0.2) is 19.6 Å². The fourth-order valence-electron chi connectivity index (χ4n) is 1.53. The molecule has 0 aliphatic carbocycles. The van der Waals surface area contributed by atoms with Crippen molar-refractivity contribution in [2.75, 3.05) is 11.9 Å². The molecule has 0 radical (unpaired) electrons. The maximum atomic E-state index is 11.4. The fourth-order valence-corrected chi connectivity index (χ4v) is 1.53. The molecule has 7 nitrogen and oxygen atoms in total. The lowest BCUT2D eigenvalue weighted by atomic mass is 10.2. The summed E-state index contributed by atoms with van der Waals surface area (Å²) < 4.78 is 4.72. The summed E-state index contributed by atoms with van der Waals surface area (Å²) in [5.74, 6) is -1.32. The molecule has 1 amide bonds. The highest BCUT2D eigenvalue weighted by Gasteiger charge is 2.16. The van der Waals surface area contributed by atoms with Gasteiger partial charge in [0.15, 0.2) is 11.5 Å². The van der Waals surface area contributed by atoms with Gasteiger partial charge >= 0.3 is 12.1 Å². The summed E-state index contributed by atoms with van der Waals surface area (Å²) in [5, 5.41) is 12.0. The molecule has 0 saturated carbocycles.